The number of sulfonamides is 1. The number of carbonyl (C=O) groups is 1. The van der Waals surface area contributed by atoms with Crippen molar-refractivity contribution in [2.24, 2.45) is 5.10 Å². The molecule has 1 aliphatic heterocycles. The number of morpholine rings is 1. The minimum atomic E-state index is -4.10. The zero-order chi connectivity index (χ0) is 28.9. The van der Waals surface area contributed by atoms with E-state index in [1.54, 1.807) is 36.4 Å². The summed E-state index contributed by atoms with van der Waals surface area (Å²) in [7, 11) is -4.10. The van der Waals surface area contributed by atoms with Gasteiger partial charge in [0, 0.05) is 22.6 Å². The minimum absolute atomic E-state index is 0.0272. The molecule has 3 aromatic carbocycles. The van der Waals surface area contributed by atoms with Crippen molar-refractivity contribution in [3.63, 3.8) is 0 Å². The standard InChI is InChI=1S/C26H23BrCl2N6O4S/c1-16-2-5-19(27)21(12-16)34-40(37,38)25-14-18(4-6-20(25)29)32-33-23(15-30)26(36)31-22-13-17(28)3-7-24(22)35-8-10-39-11-9-35/h2-7,12-14,32,34H,8-11H2,1H3,(H,31,36). The number of nitrogens with zero attached hydrogens (tertiary/aromatic N) is 3. The lowest BCUT2D eigenvalue weighted by Crippen LogP contribution is -2.37. The van der Waals surface area contributed by atoms with E-state index >= 15 is 0 Å². The van der Waals surface area contributed by atoms with E-state index < -0.39 is 21.6 Å². The molecule has 40 heavy (non-hydrogen) atoms. The molecule has 1 fully saturated rings. The lowest BCUT2D eigenvalue weighted by Gasteiger charge is -2.30. The number of hydrogen-bond acceptors (Lipinski definition) is 8. The zero-order valence-electron chi connectivity index (χ0n) is 21.0. The molecule has 1 amide bonds. The van der Waals surface area contributed by atoms with Crippen LogP contribution in [0.5, 0.6) is 0 Å². The Kier molecular flexibility index (Phi) is 9.55. The van der Waals surface area contributed by atoms with E-state index in [-0.39, 0.29) is 15.6 Å². The van der Waals surface area contributed by atoms with Gasteiger partial charge in [-0.05, 0) is 76.9 Å². The molecule has 3 aromatic rings. The highest BCUT2D eigenvalue weighted by Gasteiger charge is 2.21. The van der Waals surface area contributed by atoms with Gasteiger partial charge >= 0.3 is 0 Å². The highest BCUT2D eigenvalue weighted by atomic mass is 79.9. The van der Waals surface area contributed by atoms with Crippen LogP contribution in [0.25, 0.3) is 0 Å². The fourth-order valence-corrected chi connectivity index (χ4v) is 6.06. The van der Waals surface area contributed by atoms with Crippen LogP contribution in [-0.2, 0) is 19.6 Å². The van der Waals surface area contributed by atoms with E-state index in [2.05, 4.69) is 36.5 Å². The third-order valence-corrected chi connectivity index (χ3v) is 8.54. The summed E-state index contributed by atoms with van der Waals surface area (Å²) in [6, 6.07) is 16.1. The lowest BCUT2D eigenvalue weighted by molar-refractivity contribution is -0.110. The van der Waals surface area contributed by atoms with Gasteiger partial charge in [-0.1, -0.05) is 29.3 Å². The summed E-state index contributed by atoms with van der Waals surface area (Å²) >= 11 is 15.7. The van der Waals surface area contributed by atoms with Crippen LogP contribution in [-0.4, -0.2) is 46.3 Å². The molecule has 14 heteroatoms. The number of benzene rings is 3. The molecule has 1 aliphatic rings. The second-order valence-corrected chi connectivity index (χ2v) is 12.0. The third kappa shape index (κ3) is 7.24. The monoisotopic (exact) mass is 664 g/mol. The average Bonchev–Trinajstić information content (AvgIpc) is 2.92. The number of halogens is 3. The highest BCUT2D eigenvalue weighted by molar-refractivity contribution is 9.10. The van der Waals surface area contributed by atoms with Crippen molar-refractivity contribution >= 4 is 83.5 Å². The molecule has 3 N–H and O–H groups in total. The summed E-state index contributed by atoms with van der Waals surface area (Å²) in [6.45, 7) is 4.17. The number of carbonyl (C=O) groups excluding carboxylic acids is 1. The molecule has 10 nitrogen and oxygen atoms in total. The van der Waals surface area contributed by atoms with Crippen molar-refractivity contribution in [3.05, 3.63) is 74.7 Å². The molecule has 0 aromatic heterocycles. The normalized spacial score (nSPS) is 13.9. The Hall–Kier alpha value is -3.34. The van der Waals surface area contributed by atoms with Crippen LogP contribution in [0.4, 0.5) is 22.7 Å². The van der Waals surface area contributed by atoms with Crippen molar-refractivity contribution in [3.8, 4) is 6.07 Å². The summed E-state index contributed by atoms with van der Waals surface area (Å²) < 4.78 is 34.7. The SMILES string of the molecule is Cc1ccc(Br)c(NS(=O)(=O)c2cc(NN=C(C#N)C(=O)Nc3cc(Cl)ccc3N3CCOCC3)ccc2Cl)c1. The van der Waals surface area contributed by atoms with Crippen molar-refractivity contribution in [2.45, 2.75) is 11.8 Å². The van der Waals surface area contributed by atoms with Gasteiger partial charge in [-0.15, -0.1) is 0 Å². The number of rotatable bonds is 8. The second kappa shape index (κ2) is 12.9. The van der Waals surface area contributed by atoms with Crippen LogP contribution in [0.15, 0.2) is 69.1 Å². The van der Waals surface area contributed by atoms with Crippen LogP contribution >= 0.6 is 39.1 Å². The van der Waals surface area contributed by atoms with Gasteiger partial charge in [0.25, 0.3) is 15.9 Å². The first kappa shape index (κ1) is 29.6. The highest BCUT2D eigenvalue weighted by Crippen LogP contribution is 2.31. The van der Waals surface area contributed by atoms with Crippen LogP contribution in [0.1, 0.15) is 5.56 Å². The van der Waals surface area contributed by atoms with Gasteiger partial charge in [0.2, 0.25) is 5.71 Å². The van der Waals surface area contributed by atoms with Gasteiger partial charge in [0.1, 0.15) is 11.0 Å². The predicted octanol–water partition coefficient (Wildman–Crippen LogP) is 5.63. The summed E-state index contributed by atoms with van der Waals surface area (Å²) in [5.41, 5.74) is 4.60. The number of hydrazone groups is 1. The van der Waals surface area contributed by atoms with Gasteiger partial charge in [0.15, 0.2) is 0 Å². The van der Waals surface area contributed by atoms with Crippen molar-refractivity contribution in [1.29, 1.82) is 5.26 Å². The first-order chi connectivity index (χ1) is 19.1. The third-order valence-electron chi connectivity index (χ3n) is 5.76. The van der Waals surface area contributed by atoms with Gasteiger partial charge in [-0.25, -0.2) is 8.42 Å². The molecule has 0 aliphatic carbocycles. The van der Waals surface area contributed by atoms with Gasteiger partial charge < -0.3 is 15.0 Å². The van der Waals surface area contributed by atoms with Crippen molar-refractivity contribution < 1.29 is 17.9 Å². The number of amides is 1. The van der Waals surface area contributed by atoms with Gasteiger partial charge in [0.05, 0.1) is 41.0 Å². The fraction of sp³-hybridized carbons (Fsp3) is 0.192. The van der Waals surface area contributed by atoms with Gasteiger partial charge in [-0.2, -0.15) is 10.4 Å². The smallest absolute Gasteiger partial charge is 0.287 e. The molecular weight excluding hydrogens is 643 g/mol. The number of aryl methyl sites for hydroxylation is 1. The maximum absolute atomic E-state index is 13.1. The molecular formula is C26H23BrCl2N6O4S. The first-order valence-corrected chi connectivity index (χ1v) is 14.9. The number of hydrogen-bond donors (Lipinski definition) is 3. The Labute approximate surface area is 250 Å². The summed E-state index contributed by atoms with van der Waals surface area (Å²) in [5, 5.41) is 16.6. The minimum Gasteiger partial charge on any atom is -0.378 e. The van der Waals surface area contributed by atoms with E-state index in [9.17, 15) is 18.5 Å². The Morgan fingerprint density at radius 2 is 1.82 bits per heavy atom. The second-order valence-electron chi connectivity index (χ2n) is 8.63. The van der Waals surface area contributed by atoms with Crippen molar-refractivity contribution in [2.75, 3.05) is 46.7 Å². The number of nitriles is 1. The van der Waals surface area contributed by atoms with E-state index in [0.717, 1.165) is 11.3 Å². The van der Waals surface area contributed by atoms with Crippen LogP contribution in [0, 0.1) is 18.3 Å². The zero-order valence-corrected chi connectivity index (χ0v) is 25.0. The van der Waals surface area contributed by atoms with Crippen molar-refractivity contribution in [1.82, 2.24) is 0 Å². The molecule has 4 rings (SSSR count). The van der Waals surface area contributed by atoms with E-state index in [1.807, 2.05) is 17.9 Å². The summed E-state index contributed by atoms with van der Waals surface area (Å²) in [6.07, 6.45) is 0. The summed E-state index contributed by atoms with van der Waals surface area (Å²) in [5.74, 6) is -0.778. The van der Waals surface area contributed by atoms with Gasteiger partial charge in [-0.3, -0.25) is 14.9 Å². The molecule has 1 saturated heterocycles. The van der Waals surface area contributed by atoms with E-state index in [4.69, 9.17) is 27.9 Å². The predicted molar refractivity (Wildman–Crippen MR) is 161 cm³/mol. The number of ether oxygens (including phenoxy) is 1. The molecule has 208 valence electrons. The Bertz CT molecular complexity index is 1620. The Morgan fingerprint density at radius 1 is 1.07 bits per heavy atom. The molecule has 1 heterocycles. The molecule has 0 saturated carbocycles. The quantitative estimate of drug-likeness (QED) is 0.210. The fourth-order valence-electron chi connectivity index (χ4n) is 3.81. The molecule has 0 spiro atoms. The maximum Gasteiger partial charge on any atom is 0.287 e. The molecule has 0 atom stereocenters. The number of anilines is 4. The Morgan fingerprint density at radius 3 is 2.55 bits per heavy atom. The number of nitrogens with one attached hydrogen (secondary N) is 3. The maximum atomic E-state index is 13.1. The largest absolute Gasteiger partial charge is 0.378 e. The van der Waals surface area contributed by atoms with Crippen LogP contribution in [0.2, 0.25) is 10.0 Å². The van der Waals surface area contributed by atoms with E-state index in [1.165, 1.54) is 18.2 Å². The van der Waals surface area contributed by atoms with Crippen LogP contribution < -0.4 is 20.4 Å². The topological polar surface area (TPSA) is 136 Å². The lowest BCUT2D eigenvalue weighted by atomic mass is 10.2. The first-order valence-electron chi connectivity index (χ1n) is 11.8. The summed E-state index contributed by atoms with van der Waals surface area (Å²) in [4.78, 5) is 14.7. The Balaban J connectivity index is 1.54. The van der Waals surface area contributed by atoms with E-state index in [0.29, 0.717) is 47.2 Å². The molecule has 0 radical (unpaired) electrons. The molecule has 0 bridgehead atoms. The average molecular weight is 666 g/mol. The van der Waals surface area contributed by atoms with Crippen LogP contribution in [0.3, 0.4) is 0 Å². The molecule has 0 unspecified atom stereocenters.